The van der Waals surface area contributed by atoms with Crippen LogP contribution in [0.1, 0.15) is 12.6 Å². The highest BCUT2D eigenvalue weighted by atomic mass is 19.1. The number of halogens is 1. The van der Waals surface area contributed by atoms with Crippen LogP contribution in [0.25, 0.3) is 10.9 Å². The molecule has 1 aromatic carbocycles. The van der Waals surface area contributed by atoms with Crippen LogP contribution in [0.15, 0.2) is 24.3 Å². The zero-order chi connectivity index (χ0) is 10.1. The molecule has 0 atom stereocenters. The van der Waals surface area contributed by atoms with Crippen LogP contribution in [0.2, 0.25) is 0 Å². The average Bonchev–Trinajstić information content (AvgIpc) is 2.17. The summed E-state index contributed by atoms with van der Waals surface area (Å²) in [5.41, 5.74) is 0.852. The van der Waals surface area contributed by atoms with Gasteiger partial charge in [0, 0.05) is 5.39 Å². The topological polar surface area (TPSA) is 33.1 Å². The molecule has 0 saturated heterocycles. The van der Waals surface area contributed by atoms with Crippen molar-refractivity contribution in [2.75, 3.05) is 0 Å². The Bertz CT molecular complexity index is 482. The molecule has 0 aliphatic heterocycles. The van der Waals surface area contributed by atoms with Crippen LogP contribution in [0.4, 0.5) is 4.39 Å². The highest BCUT2D eigenvalue weighted by Crippen LogP contribution is 2.23. The summed E-state index contributed by atoms with van der Waals surface area (Å²) in [5.74, 6) is -0.220. The number of hydrogen-bond acceptors (Lipinski definition) is 2. The zero-order valence-corrected chi connectivity index (χ0v) is 7.79. The molecule has 0 fully saturated rings. The molecule has 1 heterocycles. The van der Waals surface area contributed by atoms with E-state index in [1.54, 1.807) is 18.2 Å². The van der Waals surface area contributed by atoms with Crippen molar-refractivity contribution in [2.24, 2.45) is 0 Å². The van der Waals surface area contributed by atoms with Gasteiger partial charge in [0.15, 0.2) is 0 Å². The maximum absolute atomic E-state index is 13.3. The Balaban J connectivity index is 2.80. The van der Waals surface area contributed by atoms with Crippen LogP contribution in [-0.2, 0) is 6.42 Å². The highest BCUT2D eigenvalue weighted by molar-refractivity contribution is 5.80. The van der Waals surface area contributed by atoms with Gasteiger partial charge in [-0.25, -0.2) is 9.37 Å². The molecular formula is C11H10FNO. The molecular weight excluding hydrogens is 181 g/mol. The van der Waals surface area contributed by atoms with E-state index in [1.807, 2.05) is 6.92 Å². The third kappa shape index (κ3) is 1.31. The summed E-state index contributed by atoms with van der Waals surface area (Å²) in [7, 11) is 0. The van der Waals surface area contributed by atoms with Gasteiger partial charge in [0.05, 0.1) is 5.69 Å². The van der Waals surface area contributed by atoms with Gasteiger partial charge >= 0.3 is 0 Å². The predicted octanol–water partition coefficient (Wildman–Crippen LogP) is 2.64. The lowest BCUT2D eigenvalue weighted by Gasteiger charge is -2.04. The number of benzene rings is 1. The molecule has 72 valence electrons. The molecule has 0 aliphatic carbocycles. The summed E-state index contributed by atoms with van der Waals surface area (Å²) < 4.78 is 13.3. The van der Waals surface area contributed by atoms with Gasteiger partial charge in [0.1, 0.15) is 17.1 Å². The Kier molecular flexibility index (Phi) is 2.08. The summed E-state index contributed by atoms with van der Waals surface area (Å²) >= 11 is 0. The molecule has 2 aromatic rings. The van der Waals surface area contributed by atoms with E-state index >= 15 is 0 Å². The maximum Gasteiger partial charge on any atom is 0.149 e. The number of hydrogen-bond donors (Lipinski definition) is 1. The number of fused-ring (bicyclic) bond motifs is 1. The minimum absolute atomic E-state index is 0.130. The van der Waals surface area contributed by atoms with Crippen molar-refractivity contribution in [2.45, 2.75) is 13.3 Å². The third-order valence-corrected chi connectivity index (χ3v) is 2.19. The van der Waals surface area contributed by atoms with Crippen LogP contribution in [0.3, 0.4) is 0 Å². The van der Waals surface area contributed by atoms with Crippen molar-refractivity contribution >= 4 is 10.9 Å². The maximum atomic E-state index is 13.3. The summed E-state index contributed by atoms with van der Waals surface area (Å²) in [6.45, 7) is 1.87. The van der Waals surface area contributed by atoms with E-state index in [4.69, 9.17) is 0 Å². The monoisotopic (exact) mass is 191 g/mol. The molecule has 1 N–H and O–H groups in total. The Morgan fingerprint density at radius 2 is 2.21 bits per heavy atom. The molecule has 0 aliphatic rings. The van der Waals surface area contributed by atoms with E-state index in [-0.39, 0.29) is 11.6 Å². The van der Waals surface area contributed by atoms with E-state index in [1.165, 1.54) is 6.07 Å². The van der Waals surface area contributed by atoms with Crippen LogP contribution >= 0.6 is 0 Å². The Labute approximate surface area is 81.0 Å². The normalized spacial score (nSPS) is 10.7. The van der Waals surface area contributed by atoms with Crippen LogP contribution in [-0.4, -0.2) is 10.1 Å². The van der Waals surface area contributed by atoms with Crippen molar-refractivity contribution < 1.29 is 9.50 Å². The molecule has 2 rings (SSSR count). The van der Waals surface area contributed by atoms with Gasteiger partial charge in [-0.2, -0.15) is 0 Å². The average molecular weight is 191 g/mol. The van der Waals surface area contributed by atoms with Gasteiger partial charge in [0.2, 0.25) is 0 Å². The van der Waals surface area contributed by atoms with Gasteiger partial charge in [-0.3, -0.25) is 0 Å². The van der Waals surface area contributed by atoms with Gasteiger partial charge in [0.25, 0.3) is 0 Å². The second-order valence-corrected chi connectivity index (χ2v) is 3.12. The smallest absolute Gasteiger partial charge is 0.149 e. The zero-order valence-electron chi connectivity index (χ0n) is 7.79. The number of aromatic hydroxyl groups is 1. The fourth-order valence-corrected chi connectivity index (χ4v) is 1.45. The lowest BCUT2D eigenvalue weighted by molar-refractivity contribution is 0.466. The lowest BCUT2D eigenvalue weighted by atomic mass is 10.1. The second kappa shape index (κ2) is 3.25. The molecule has 0 radical (unpaired) electrons. The fraction of sp³-hybridized carbons (Fsp3) is 0.182. The third-order valence-electron chi connectivity index (χ3n) is 2.19. The molecule has 0 amide bonds. The van der Waals surface area contributed by atoms with Crippen LogP contribution in [0, 0.1) is 5.82 Å². The first-order valence-corrected chi connectivity index (χ1v) is 4.49. The standard InChI is InChI=1S/C11H10FNO/c1-2-9-10(14)6-7-4-3-5-8(12)11(7)13-9/h3-6,14H,2H2,1H3. The summed E-state index contributed by atoms with van der Waals surface area (Å²) in [5, 5.41) is 10.1. The predicted molar refractivity (Wildman–Crippen MR) is 52.7 cm³/mol. The van der Waals surface area contributed by atoms with Gasteiger partial charge < -0.3 is 5.11 Å². The summed E-state index contributed by atoms with van der Waals surface area (Å²) in [6, 6.07) is 6.24. The van der Waals surface area contributed by atoms with Crippen molar-refractivity contribution in [1.82, 2.24) is 4.98 Å². The quantitative estimate of drug-likeness (QED) is 0.751. The van der Waals surface area contributed by atoms with E-state index in [2.05, 4.69) is 4.98 Å². The second-order valence-electron chi connectivity index (χ2n) is 3.12. The fourth-order valence-electron chi connectivity index (χ4n) is 1.45. The van der Waals surface area contributed by atoms with Crippen molar-refractivity contribution in [1.29, 1.82) is 0 Å². The van der Waals surface area contributed by atoms with Gasteiger partial charge in [-0.1, -0.05) is 19.1 Å². The number of rotatable bonds is 1. The molecule has 1 aromatic heterocycles. The summed E-state index contributed by atoms with van der Waals surface area (Å²) in [6.07, 6.45) is 0.593. The van der Waals surface area contributed by atoms with Crippen LogP contribution < -0.4 is 0 Å². The van der Waals surface area contributed by atoms with E-state index in [0.29, 0.717) is 23.0 Å². The molecule has 3 heteroatoms. The number of aryl methyl sites for hydroxylation is 1. The number of aromatic nitrogens is 1. The molecule has 0 unspecified atom stereocenters. The first kappa shape index (κ1) is 8.94. The minimum Gasteiger partial charge on any atom is -0.506 e. The van der Waals surface area contributed by atoms with Crippen molar-refractivity contribution in [3.05, 3.63) is 35.8 Å². The van der Waals surface area contributed by atoms with Crippen molar-refractivity contribution in [3.63, 3.8) is 0 Å². The molecule has 14 heavy (non-hydrogen) atoms. The van der Waals surface area contributed by atoms with E-state index in [9.17, 15) is 9.50 Å². The van der Waals surface area contributed by atoms with Crippen LogP contribution in [0.5, 0.6) is 5.75 Å². The summed E-state index contributed by atoms with van der Waals surface area (Å²) in [4.78, 5) is 4.07. The lowest BCUT2D eigenvalue weighted by Crippen LogP contribution is -1.91. The molecule has 0 spiro atoms. The largest absolute Gasteiger partial charge is 0.506 e. The Morgan fingerprint density at radius 1 is 1.43 bits per heavy atom. The SMILES string of the molecule is CCc1nc2c(F)cccc2cc1O. The number of pyridine rings is 1. The number of nitrogens with zero attached hydrogens (tertiary/aromatic N) is 1. The number of para-hydroxylation sites is 1. The Hall–Kier alpha value is -1.64. The first-order chi connectivity index (χ1) is 6.72. The molecule has 0 saturated carbocycles. The van der Waals surface area contributed by atoms with Gasteiger partial charge in [-0.15, -0.1) is 0 Å². The Morgan fingerprint density at radius 3 is 2.93 bits per heavy atom. The van der Waals surface area contributed by atoms with E-state index < -0.39 is 0 Å². The highest BCUT2D eigenvalue weighted by Gasteiger charge is 2.06. The minimum atomic E-state index is -0.350. The molecule has 0 bridgehead atoms. The first-order valence-electron chi connectivity index (χ1n) is 4.49. The van der Waals surface area contributed by atoms with Crippen molar-refractivity contribution in [3.8, 4) is 5.75 Å². The van der Waals surface area contributed by atoms with E-state index in [0.717, 1.165) is 0 Å². The van der Waals surface area contributed by atoms with Gasteiger partial charge in [-0.05, 0) is 18.6 Å². The molecule has 2 nitrogen and oxygen atoms in total.